The summed E-state index contributed by atoms with van der Waals surface area (Å²) >= 11 is 0. The lowest BCUT2D eigenvalue weighted by Crippen LogP contribution is -2.37. The quantitative estimate of drug-likeness (QED) is 0.582. The van der Waals surface area contributed by atoms with Gasteiger partial charge in [-0.15, -0.1) is 0 Å². The van der Waals surface area contributed by atoms with Gasteiger partial charge in [-0.3, -0.25) is 9.59 Å². The van der Waals surface area contributed by atoms with Crippen LogP contribution in [0.4, 0.5) is 0 Å². The fourth-order valence-electron chi connectivity index (χ4n) is 0.765. The minimum atomic E-state index is -0.438. The number of methoxy groups -OCH3 is 1. The van der Waals surface area contributed by atoms with Gasteiger partial charge in [0, 0.05) is 26.6 Å². The Morgan fingerprint density at radius 3 is 2.31 bits per heavy atom. The van der Waals surface area contributed by atoms with Gasteiger partial charge in [0.25, 0.3) is 5.91 Å². The van der Waals surface area contributed by atoms with Gasteiger partial charge in [0.15, 0.2) is 0 Å². The summed E-state index contributed by atoms with van der Waals surface area (Å²) in [5.74, 6) is -1.02. The molecule has 13 heavy (non-hydrogen) atoms. The summed E-state index contributed by atoms with van der Waals surface area (Å²) in [7, 11) is 3.16. The molecule has 76 valence electrons. The second kappa shape index (κ2) is 5.70. The third-order valence-electron chi connectivity index (χ3n) is 1.71. The van der Waals surface area contributed by atoms with Crippen molar-refractivity contribution in [1.82, 2.24) is 4.90 Å². The molecule has 4 nitrogen and oxygen atoms in total. The molecule has 0 N–H and O–H groups in total. The van der Waals surface area contributed by atoms with E-state index < -0.39 is 5.91 Å². The summed E-state index contributed by atoms with van der Waals surface area (Å²) in [6.45, 7) is 4.33. The van der Waals surface area contributed by atoms with Crippen molar-refractivity contribution in [2.24, 2.45) is 5.92 Å². The molecule has 0 aromatic heterocycles. The Labute approximate surface area is 78.9 Å². The molecule has 0 spiro atoms. The number of ketones is 1. The minimum absolute atomic E-state index is 0.238. The van der Waals surface area contributed by atoms with Gasteiger partial charge in [-0.1, -0.05) is 13.8 Å². The van der Waals surface area contributed by atoms with Crippen LogP contribution in [0, 0.1) is 5.92 Å². The summed E-state index contributed by atoms with van der Waals surface area (Å²) in [4.78, 5) is 23.9. The molecule has 0 atom stereocenters. The Balaban J connectivity index is 4.02. The van der Waals surface area contributed by atoms with E-state index >= 15 is 0 Å². The molecule has 0 rings (SSSR count). The molecule has 0 saturated carbocycles. The van der Waals surface area contributed by atoms with Crippen LogP contribution in [0.5, 0.6) is 0 Å². The number of rotatable bonds is 5. The molecule has 0 aliphatic carbocycles. The maximum absolute atomic E-state index is 11.3. The highest BCUT2D eigenvalue weighted by molar-refractivity contribution is 6.36. The summed E-state index contributed by atoms with van der Waals surface area (Å²) in [5.41, 5.74) is 0. The van der Waals surface area contributed by atoms with E-state index in [4.69, 9.17) is 4.74 Å². The van der Waals surface area contributed by atoms with Crippen LogP contribution >= 0.6 is 0 Å². The lowest BCUT2D eigenvalue weighted by Gasteiger charge is -2.16. The van der Waals surface area contributed by atoms with Gasteiger partial charge in [0.2, 0.25) is 5.78 Å². The summed E-state index contributed by atoms with van der Waals surface area (Å²) in [5, 5.41) is 0. The van der Waals surface area contributed by atoms with Crippen LogP contribution in [0.3, 0.4) is 0 Å². The maximum atomic E-state index is 11.3. The zero-order valence-corrected chi connectivity index (χ0v) is 8.66. The van der Waals surface area contributed by atoms with Crippen molar-refractivity contribution in [2.45, 2.75) is 13.8 Å². The number of amides is 1. The Bertz CT molecular complexity index is 189. The van der Waals surface area contributed by atoms with E-state index in [0.717, 1.165) is 0 Å². The van der Waals surface area contributed by atoms with Gasteiger partial charge in [-0.2, -0.15) is 0 Å². The average molecular weight is 187 g/mol. The van der Waals surface area contributed by atoms with Crippen LogP contribution in [0.2, 0.25) is 0 Å². The van der Waals surface area contributed by atoms with Crippen molar-refractivity contribution in [2.75, 3.05) is 27.3 Å². The van der Waals surface area contributed by atoms with Crippen molar-refractivity contribution in [1.29, 1.82) is 0 Å². The molecule has 0 bridgehead atoms. The molecule has 4 heteroatoms. The highest BCUT2D eigenvalue weighted by atomic mass is 16.5. The molecule has 0 aromatic rings. The lowest BCUT2D eigenvalue weighted by molar-refractivity contribution is -0.145. The van der Waals surface area contributed by atoms with Crippen molar-refractivity contribution >= 4 is 11.7 Å². The number of carbonyl (C=O) groups is 2. The monoisotopic (exact) mass is 187 g/mol. The molecule has 0 saturated heterocycles. The topological polar surface area (TPSA) is 46.6 Å². The van der Waals surface area contributed by atoms with Crippen LogP contribution < -0.4 is 0 Å². The molecule has 0 heterocycles. The lowest BCUT2D eigenvalue weighted by atomic mass is 10.1. The molecule has 0 aliphatic heterocycles. The van der Waals surface area contributed by atoms with E-state index in [1.807, 2.05) is 0 Å². The number of hydrogen-bond donors (Lipinski definition) is 0. The fraction of sp³-hybridized carbons (Fsp3) is 0.778. The summed E-state index contributed by atoms with van der Waals surface area (Å²) in [6.07, 6.45) is 0. The van der Waals surface area contributed by atoms with Crippen molar-refractivity contribution in [3.05, 3.63) is 0 Å². The second-order valence-electron chi connectivity index (χ2n) is 3.24. The zero-order valence-electron chi connectivity index (χ0n) is 8.66. The Morgan fingerprint density at radius 1 is 1.38 bits per heavy atom. The first-order valence-electron chi connectivity index (χ1n) is 4.29. The fourth-order valence-corrected chi connectivity index (χ4v) is 0.765. The summed E-state index contributed by atoms with van der Waals surface area (Å²) < 4.78 is 4.80. The minimum Gasteiger partial charge on any atom is -0.383 e. The first kappa shape index (κ1) is 12.1. The molecule has 0 radical (unpaired) electrons. The number of Topliss-reactive ketones (excluding diaryl/α,β-unsaturated/α-hetero) is 1. The van der Waals surface area contributed by atoms with Gasteiger partial charge in [-0.25, -0.2) is 0 Å². The first-order valence-corrected chi connectivity index (χ1v) is 4.29. The molecule has 0 fully saturated rings. The van der Waals surface area contributed by atoms with E-state index in [1.54, 1.807) is 28.0 Å². The zero-order chi connectivity index (χ0) is 10.4. The number of hydrogen-bond acceptors (Lipinski definition) is 3. The number of likely N-dealkylation sites (N-methyl/N-ethyl adjacent to an activating group) is 1. The average Bonchev–Trinajstić information content (AvgIpc) is 2.11. The van der Waals surface area contributed by atoms with Crippen LogP contribution in [0.15, 0.2) is 0 Å². The van der Waals surface area contributed by atoms with Gasteiger partial charge in [-0.05, 0) is 0 Å². The van der Waals surface area contributed by atoms with Gasteiger partial charge < -0.3 is 9.64 Å². The largest absolute Gasteiger partial charge is 0.383 e. The molecular weight excluding hydrogens is 170 g/mol. The predicted molar refractivity (Wildman–Crippen MR) is 49.4 cm³/mol. The number of ether oxygens (including phenoxy) is 1. The van der Waals surface area contributed by atoms with E-state index in [0.29, 0.717) is 13.2 Å². The van der Waals surface area contributed by atoms with Crippen LogP contribution in [-0.4, -0.2) is 43.9 Å². The summed E-state index contributed by atoms with van der Waals surface area (Å²) in [6, 6.07) is 0. The SMILES string of the molecule is COCCN(C)C(=O)C(=O)C(C)C. The number of nitrogens with zero attached hydrogens (tertiary/aromatic N) is 1. The van der Waals surface area contributed by atoms with Crippen LogP contribution in [0.25, 0.3) is 0 Å². The highest BCUT2D eigenvalue weighted by Crippen LogP contribution is 1.98. The van der Waals surface area contributed by atoms with Crippen LogP contribution in [-0.2, 0) is 14.3 Å². The number of carbonyl (C=O) groups excluding carboxylic acids is 2. The van der Waals surface area contributed by atoms with E-state index in [1.165, 1.54) is 4.90 Å². The third-order valence-corrected chi connectivity index (χ3v) is 1.71. The molecular formula is C9H17NO3. The van der Waals surface area contributed by atoms with E-state index in [-0.39, 0.29) is 11.7 Å². The van der Waals surface area contributed by atoms with Gasteiger partial charge >= 0.3 is 0 Å². The standard InChI is InChI=1S/C9H17NO3/c1-7(2)8(11)9(12)10(3)5-6-13-4/h7H,5-6H2,1-4H3. The Hall–Kier alpha value is -0.900. The molecule has 1 amide bonds. The smallest absolute Gasteiger partial charge is 0.290 e. The van der Waals surface area contributed by atoms with E-state index in [9.17, 15) is 9.59 Å². The second-order valence-corrected chi connectivity index (χ2v) is 3.24. The molecule has 0 unspecified atom stereocenters. The van der Waals surface area contributed by atoms with Gasteiger partial charge in [0.1, 0.15) is 0 Å². The van der Waals surface area contributed by atoms with Crippen molar-refractivity contribution in [3.8, 4) is 0 Å². The van der Waals surface area contributed by atoms with Crippen molar-refractivity contribution < 1.29 is 14.3 Å². The maximum Gasteiger partial charge on any atom is 0.290 e. The Morgan fingerprint density at radius 2 is 1.92 bits per heavy atom. The Kier molecular flexibility index (Phi) is 5.30. The molecule has 0 aliphatic rings. The van der Waals surface area contributed by atoms with Crippen LogP contribution in [0.1, 0.15) is 13.8 Å². The predicted octanol–water partition coefficient (Wildman–Crippen LogP) is 0.316. The van der Waals surface area contributed by atoms with Gasteiger partial charge in [0.05, 0.1) is 6.61 Å². The third kappa shape index (κ3) is 4.03. The first-order chi connectivity index (χ1) is 6.00. The highest BCUT2D eigenvalue weighted by Gasteiger charge is 2.20. The normalized spacial score (nSPS) is 10.2. The molecule has 0 aromatic carbocycles. The van der Waals surface area contributed by atoms with Crippen molar-refractivity contribution in [3.63, 3.8) is 0 Å². The van der Waals surface area contributed by atoms with E-state index in [2.05, 4.69) is 0 Å².